The van der Waals surface area contributed by atoms with Crippen LogP contribution in [-0.2, 0) is 33.8 Å². The number of rotatable bonds is 13. The van der Waals surface area contributed by atoms with Gasteiger partial charge in [0.05, 0.1) is 39.2 Å². The lowest BCUT2D eigenvalue weighted by molar-refractivity contribution is 0.191. The van der Waals surface area contributed by atoms with Crippen molar-refractivity contribution in [3.05, 3.63) is 36.0 Å². The highest BCUT2D eigenvalue weighted by atomic mass is 31.2. The molecular weight excluding hydrogens is 428 g/mol. The molecule has 1 heterocycles. The van der Waals surface area contributed by atoms with Crippen LogP contribution >= 0.6 is 15.2 Å². The normalized spacial score (nSPS) is 12.6. The monoisotopic (exact) mass is 459 g/mol. The molecule has 0 fully saturated rings. The standard InChI is InChI=1S/C19H31N3O6P2/c1-6-25-29(23,26-7-2)19(30(24,27-8-3)28-9-4)15-22-14-18(20-21-22)17-12-10-16(5)11-13-17/h10-14,19H,6-9,15H2,1-5H3. The predicted molar refractivity (Wildman–Crippen MR) is 116 cm³/mol. The van der Waals surface area contributed by atoms with Crippen LogP contribution in [0, 0.1) is 6.92 Å². The first kappa shape index (κ1) is 24.9. The topological polar surface area (TPSA) is 102 Å². The molecule has 30 heavy (non-hydrogen) atoms. The van der Waals surface area contributed by atoms with Gasteiger partial charge in [-0.3, -0.25) is 13.8 Å². The molecular formula is C19H31N3O6P2. The highest BCUT2D eigenvalue weighted by Gasteiger charge is 2.51. The minimum absolute atomic E-state index is 0.0621. The van der Waals surface area contributed by atoms with E-state index in [1.165, 1.54) is 4.68 Å². The zero-order chi connectivity index (χ0) is 22.2. The summed E-state index contributed by atoms with van der Waals surface area (Å²) in [5.41, 5.74) is 2.66. The zero-order valence-corrected chi connectivity index (χ0v) is 20.0. The van der Waals surface area contributed by atoms with E-state index < -0.39 is 20.6 Å². The van der Waals surface area contributed by atoms with Crippen LogP contribution in [0.15, 0.2) is 30.5 Å². The van der Waals surface area contributed by atoms with E-state index in [0.717, 1.165) is 11.1 Å². The third-order valence-electron chi connectivity index (χ3n) is 4.20. The van der Waals surface area contributed by atoms with Gasteiger partial charge in [-0.25, -0.2) is 0 Å². The van der Waals surface area contributed by atoms with Gasteiger partial charge in [-0.1, -0.05) is 35.0 Å². The number of nitrogens with zero attached hydrogens (tertiary/aromatic N) is 3. The van der Waals surface area contributed by atoms with E-state index in [1.807, 2.05) is 31.2 Å². The molecule has 0 saturated carbocycles. The predicted octanol–water partition coefficient (Wildman–Crippen LogP) is 5.11. The average Bonchev–Trinajstić information content (AvgIpc) is 3.16. The molecule has 1 aromatic carbocycles. The quantitative estimate of drug-likeness (QED) is 0.381. The Morgan fingerprint density at radius 2 is 1.33 bits per heavy atom. The maximum atomic E-state index is 13.6. The van der Waals surface area contributed by atoms with E-state index in [-0.39, 0.29) is 33.0 Å². The first-order chi connectivity index (χ1) is 14.3. The van der Waals surface area contributed by atoms with E-state index in [1.54, 1.807) is 33.9 Å². The maximum absolute atomic E-state index is 13.6. The Morgan fingerprint density at radius 1 is 0.867 bits per heavy atom. The lowest BCUT2D eigenvalue weighted by Gasteiger charge is -2.31. The summed E-state index contributed by atoms with van der Waals surface area (Å²) in [6.07, 6.45) is 1.70. The van der Waals surface area contributed by atoms with Crippen LogP contribution in [0.5, 0.6) is 0 Å². The van der Waals surface area contributed by atoms with Gasteiger partial charge < -0.3 is 18.1 Å². The molecule has 0 unspecified atom stereocenters. The number of aromatic nitrogens is 3. The molecule has 2 aromatic rings. The van der Waals surface area contributed by atoms with Crippen molar-refractivity contribution in [3.8, 4) is 11.3 Å². The van der Waals surface area contributed by atoms with Gasteiger partial charge in [-0.05, 0) is 34.6 Å². The van der Waals surface area contributed by atoms with Crippen LogP contribution in [0.3, 0.4) is 0 Å². The number of benzene rings is 1. The van der Waals surface area contributed by atoms with Crippen molar-refractivity contribution in [2.24, 2.45) is 0 Å². The van der Waals surface area contributed by atoms with Gasteiger partial charge >= 0.3 is 15.2 Å². The summed E-state index contributed by atoms with van der Waals surface area (Å²) in [6.45, 7) is 9.21. The van der Waals surface area contributed by atoms with Crippen molar-refractivity contribution in [3.63, 3.8) is 0 Å². The lowest BCUT2D eigenvalue weighted by atomic mass is 10.1. The molecule has 0 aliphatic carbocycles. The summed E-state index contributed by atoms with van der Waals surface area (Å²) in [5, 5.41) is 7.13. The van der Waals surface area contributed by atoms with E-state index >= 15 is 0 Å². The molecule has 0 saturated heterocycles. The fraction of sp³-hybridized carbons (Fsp3) is 0.579. The van der Waals surface area contributed by atoms with E-state index in [2.05, 4.69) is 10.3 Å². The van der Waals surface area contributed by atoms with Gasteiger partial charge in [0, 0.05) is 5.56 Å². The Labute approximate surface area is 178 Å². The average molecular weight is 459 g/mol. The fourth-order valence-corrected chi connectivity index (χ4v) is 8.12. The summed E-state index contributed by atoms with van der Waals surface area (Å²) >= 11 is 0. The Morgan fingerprint density at radius 3 is 1.77 bits per heavy atom. The molecule has 1 aromatic heterocycles. The summed E-state index contributed by atoms with van der Waals surface area (Å²) < 4.78 is 50.6. The minimum Gasteiger partial charge on any atom is -0.308 e. The molecule has 0 radical (unpaired) electrons. The first-order valence-corrected chi connectivity index (χ1v) is 13.3. The van der Waals surface area contributed by atoms with E-state index in [4.69, 9.17) is 18.1 Å². The molecule has 0 spiro atoms. The Hall–Kier alpha value is -1.34. The summed E-state index contributed by atoms with van der Waals surface area (Å²) in [5.74, 6) is 0. The third-order valence-corrected chi connectivity index (χ3v) is 10.2. The minimum atomic E-state index is -3.85. The highest BCUT2D eigenvalue weighted by Crippen LogP contribution is 2.70. The largest absolute Gasteiger partial charge is 0.347 e. The Bertz CT molecular complexity index is 837. The maximum Gasteiger partial charge on any atom is 0.347 e. The molecule has 0 atom stereocenters. The smallest absolute Gasteiger partial charge is 0.308 e. The van der Waals surface area contributed by atoms with Crippen molar-refractivity contribution in [1.29, 1.82) is 0 Å². The number of hydrogen-bond acceptors (Lipinski definition) is 8. The van der Waals surface area contributed by atoms with Gasteiger partial charge in [0.1, 0.15) is 5.69 Å². The number of aryl methyl sites for hydroxylation is 1. The van der Waals surface area contributed by atoms with Gasteiger partial charge in [-0.2, -0.15) is 0 Å². The van der Waals surface area contributed by atoms with Crippen LogP contribution in [0.2, 0.25) is 0 Å². The van der Waals surface area contributed by atoms with Gasteiger partial charge in [0.15, 0.2) is 5.40 Å². The molecule has 168 valence electrons. The molecule has 0 bridgehead atoms. The fourth-order valence-electron chi connectivity index (χ4n) is 2.92. The SMILES string of the molecule is CCOP(=O)(OCC)C(Cn1cc(-c2ccc(C)cc2)nn1)P(=O)(OCC)OCC. The van der Waals surface area contributed by atoms with Crippen molar-refractivity contribution >= 4 is 15.2 Å². The summed E-state index contributed by atoms with van der Waals surface area (Å²) in [4.78, 5) is 0. The molecule has 0 aliphatic heterocycles. The first-order valence-electron chi connectivity index (χ1n) is 10.1. The van der Waals surface area contributed by atoms with Crippen LogP contribution < -0.4 is 0 Å². The number of hydrogen-bond donors (Lipinski definition) is 0. The van der Waals surface area contributed by atoms with E-state index in [9.17, 15) is 9.13 Å². The van der Waals surface area contributed by atoms with Crippen molar-refractivity contribution < 1.29 is 27.2 Å². The van der Waals surface area contributed by atoms with Gasteiger partial charge in [0.25, 0.3) is 0 Å². The molecule has 9 nitrogen and oxygen atoms in total. The van der Waals surface area contributed by atoms with E-state index in [0.29, 0.717) is 5.69 Å². The molecule has 11 heteroatoms. The zero-order valence-electron chi connectivity index (χ0n) is 18.2. The molecule has 0 N–H and O–H groups in total. The molecule has 2 rings (SSSR count). The molecule has 0 aliphatic rings. The second-order valence-corrected chi connectivity index (χ2v) is 11.3. The van der Waals surface area contributed by atoms with Crippen LogP contribution in [0.4, 0.5) is 0 Å². The van der Waals surface area contributed by atoms with Crippen molar-refractivity contribution in [2.75, 3.05) is 26.4 Å². The summed E-state index contributed by atoms with van der Waals surface area (Å²) in [6, 6.07) is 7.84. The third kappa shape index (κ3) is 6.10. The Kier molecular flexibility index (Phi) is 9.41. The van der Waals surface area contributed by atoms with Gasteiger partial charge in [-0.15, -0.1) is 5.10 Å². The van der Waals surface area contributed by atoms with Crippen LogP contribution in [0.1, 0.15) is 33.3 Å². The van der Waals surface area contributed by atoms with Crippen molar-refractivity contribution in [1.82, 2.24) is 15.0 Å². The Balaban J connectivity index is 2.43. The second-order valence-electron chi connectivity index (χ2n) is 6.42. The highest BCUT2D eigenvalue weighted by molar-refractivity contribution is 7.72. The van der Waals surface area contributed by atoms with Crippen molar-refractivity contribution in [2.45, 2.75) is 46.6 Å². The lowest BCUT2D eigenvalue weighted by Crippen LogP contribution is -2.23. The van der Waals surface area contributed by atoms with Gasteiger partial charge in [0.2, 0.25) is 0 Å². The summed E-state index contributed by atoms with van der Waals surface area (Å²) in [7, 11) is -7.69. The van der Waals surface area contributed by atoms with Crippen LogP contribution in [-0.4, -0.2) is 46.8 Å². The molecule has 0 amide bonds. The van der Waals surface area contributed by atoms with Crippen LogP contribution in [0.25, 0.3) is 11.3 Å². The second kappa shape index (κ2) is 11.3.